The molecular formula is C19H27N5OS. The number of anilines is 1. The van der Waals surface area contributed by atoms with Gasteiger partial charge < -0.3 is 16.0 Å². The smallest absolute Gasteiger partial charge is 0.263 e. The van der Waals surface area contributed by atoms with Crippen molar-refractivity contribution < 1.29 is 4.79 Å². The van der Waals surface area contributed by atoms with E-state index >= 15 is 0 Å². The van der Waals surface area contributed by atoms with E-state index in [9.17, 15) is 4.79 Å². The highest BCUT2D eigenvalue weighted by Gasteiger charge is 2.34. The molecule has 7 heteroatoms. The number of likely N-dealkylation sites (tertiary alicyclic amines) is 2. The van der Waals surface area contributed by atoms with Crippen LogP contribution in [0, 0.1) is 0 Å². The molecule has 2 saturated heterocycles. The summed E-state index contributed by atoms with van der Waals surface area (Å²) in [4.78, 5) is 23.4. The number of hydrogen-bond acceptors (Lipinski definition) is 6. The number of nitrogens with two attached hydrogens (primary N) is 1. The van der Waals surface area contributed by atoms with E-state index in [1.165, 1.54) is 43.7 Å². The summed E-state index contributed by atoms with van der Waals surface area (Å²) in [5, 5.41) is 3.55. The highest BCUT2D eigenvalue weighted by Crippen LogP contribution is 2.38. The molecule has 3 N–H and O–H groups in total. The van der Waals surface area contributed by atoms with Crippen LogP contribution in [0.1, 0.15) is 47.1 Å². The number of aromatic nitrogens is 1. The lowest BCUT2D eigenvalue weighted by Crippen LogP contribution is -2.43. The maximum atomic E-state index is 12.0. The van der Waals surface area contributed by atoms with Gasteiger partial charge in [-0.2, -0.15) is 0 Å². The van der Waals surface area contributed by atoms with Crippen LogP contribution in [0.3, 0.4) is 0 Å². The highest BCUT2D eigenvalue weighted by atomic mass is 32.1. The quantitative estimate of drug-likeness (QED) is 0.865. The molecule has 6 nitrogen and oxygen atoms in total. The van der Waals surface area contributed by atoms with Crippen LogP contribution >= 0.6 is 11.3 Å². The summed E-state index contributed by atoms with van der Waals surface area (Å²) < 4.78 is 0. The first-order chi connectivity index (χ1) is 12.6. The van der Waals surface area contributed by atoms with Crippen LogP contribution in [0.15, 0.2) is 12.1 Å². The van der Waals surface area contributed by atoms with Crippen molar-refractivity contribution >= 4 is 33.1 Å². The number of nitrogens with zero attached hydrogens (tertiary/aromatic N) is 3. The molecule has 0 bridgehead atoms. The van der Waals surface area contributed by atoms with Gasteiger partial charge in [0, 0.05) is 18.5 Å². The lowest BCUT2D eigenvalue weighted by atomic mass is 10.0. The molecule has 2 aromatic heterocycles. The van der Waals surface area contributed by atoms with E-state index in [2.05, 4.69) is 28.2 Å². The first-order valence-electron chi connectivity index (χ1n) is 9.43. The maximum Gasteiger partial charge on any atom is 0.263 e. The van der Waals surface area contributed by atoms with E-state index in [-0.39, 0.29) is 5.91 Å². The molecular weight excluding hydrogens is 346 g/mol. The Hall–Kier alpha value is -1.70. The van der Waals surface area contributed by atoms with Crippen LogP contribution < -0.4 is 11.1 Å². The Morgan fingerprint density at radius 1 is 1.27 bits per heavy atom. The molecule has 0 spiro atoms. The van der Waals surface area contributed by atoms with E-state index in [1.54, 1.807) is 7.05 Å². The van der Waals surface area contributed by atoms with Crippen LogP contribution in [-0.4, -0.2) is 60.5 Å². The largest absolute Gasteiger partial charge is 0.397 e. The van der Waals surface area contributed by atoms with Crippen molar-refractivity contribution in [2.45, 2.75) is 37.8 Å². The Morgan fingerprint density at radius 3 is 2.77 bits per heavy atom. The van der Waals surface area contributed by atoms with Crippen molar-refractivity contribution in [3.8, 4) is 0 Å². The van der Waals surface area contributed by atoms with Gasteiger partial charge in [-0.05, 0) is 64.5 Å². The second-order valence-electron chi connectivity index (χ2n) is 7.44. The number of amides is 1. The van der Waals surface area contributed by atoms with Crippen LogP contribution in [0.25, 0.3) is 10.2 Å². The lowest BCUT2D eigenvalue weighted by molar-refractivity contribution is 0.0968. The van der Waals surface area contributed by atoms with Gasteiger partial charge in [0.25, 0.3) is 5.91 Å². The predicted octanol–water partition coefficient (Wildman–Crippen LogP) is 2.47. The number of nitrogens with one attached hydrogen (secondary N) is 1. The summed E-state index contributed by atoms with van der Waals surface area (Å²) in [6.45, 7) is 3.52. The molecule has 0 saturated carbocycles. The normalized spacial score (nSPS) is 22.9. The number of piperidine rings is 1. The van der Waals surface area contributed by atoms with Crippen LogP contribution in [0.5, 0.6) is 0 Å². The molecule has 2 aromatic rings. The van der Waals surface area contributed by atoms with Crippen molar-refractivity contribution in [2.75, 3.05) is 39.5 Å². The highest BCUT2D eigenvalue weighted by molar-refractivity contribution is 7.21. The van der Waals surface area contributed by atoms with E-state index in [1.807, 2.05) is 6.07 Å². The number of fused-ring (bicyclic) bond motifs is 1. The minimum absolute atomic E-state index is 0.138. The molecule has 26 heavy (non-hydrogen) atoms. The summed E-state index contributed by atoms with van der Waals surface area (Å²) in [7, 11) is 3.83. The third-order valence-corrected chi connectivity index (χ3v) is 6.96. The molecule has 0 aromatic carbocycles. The summed E-state index contributed by atoms with van der Waals surface area (Å²) in [6.07, 6.45) is 4.87. The van der Waals surface area contributed by atoms with Gasteiger partial charge in [-0.1, -0.05) is 0 Å². The van der Waals surface area contributed by atoms with Crippen LogP contribution in [0.2, 0.25) is 0 Å². The number of hydrogen-bond donors (Lipinski definition) is 2. The Labute approximate surface area is 158 Å². The van der Waals surface area contributed by atoms with Crippen LogP contribution in [-0.2, 0) is 0 Å². The fraction of sp³-hybridized carbons (Fsp3) is 0.579. The van der Waals surface area contributed by atoms with Crippen molar-refractivity contribution in [3.63, 3.8) is 0 Å². The molecule has 4 heterocycles. The van der Waals surface area contributed by atoms with Gasteiger partial charge in [-0.15, -0.1) is 11.3 Å². The van der Waals surface area contributed by atoms with Gasteiger partial charge in [0.2, 0.25) is 0 Å². The van der Waals surface area contributed by atoms with Crippen molar-refractivity contribution in [2.24, 2.45) is 0 Å². The van der Waals surface area contributed by atoms with Crippen LogP contribution in [0.4, 0.5) is 5.69 Å². The first kappa shape index (κ1) is 17.7. The molecule has 0 aliphatic carbocycles. The number of nitrogen functional groups attached to an aromatic ring is 1. The van der Waals surface area contributed by atoms with Gasteiger partial charge in [0.05, 0.1) is 17.4 Å². The fourth-order valence-electron chi connectivity index (χ4n) is 4.35. The third kappa shape index (κ3) is 3.08. The average molecular weight is 374 g/mol. The Bertz CT molecular complexity index is 812. The SMILES string of the molecule is CNC(=O)c1sc2nc(C3CCCN3C3CCN(C)CC3)ccc2c1N. The second-order valence-corrected chi connectivity index (χ2v) is 8.44. The molecule has 4 rings (SSSR count). The zero-order valence-corrected chi connectivity index (χ0v) is 16.3. The zero-order valence-electron chi connectivity index (χ0n) is 15.5. The molecule has 1 atom stereocenters. The Kier molecular flexibility index (Phi) is 4.86. The number of rotatable bonds is 3. The summed E-state index contributed by atoms with van der Waals surface area (Å²) in [5.74, 6) is -0.138. The van der Waals surface area contributed by atoms with Gasteiger partial charge in [-0.3, -0.25) is 9.69 Å². The summed E-state index contributed by atoms with van der Waals surface area (Å²) in [6, 6.07) is 5.20. The zero-order chi connectivity index (χ0) is 18.3. The molecule has 1 amide bonds. The first-order valence-corrected chi connectivity index (χ1v) is 10.3. The number of carbonyl (C=O) groups excluding carboxylic acids is 1. The number of carbonyl (C=O) groups is 1. The summed E-state index contributed by atoms with van der Waals surface area (Å²) in [5.41, 5.74) is 7.84. The number of pyridine rings is 1. The molecule has 2 fully saturated rings. The minimum atomic E-state index is -0.138. The average Bonchev–Trinajstić information content (AvgIpc) is 3.26. The van der Waals surface area contributed by atoms with E-state index in [4.69, 9.17) is 10.7 Å². The molecule has 0 radical (unpaired) electrons. The monoisotopic (exact) mass is 373 g/mol. The molecule has 2 aliphatic rings. The second kappa shape index (κ2) is 7.13. The van der Waals surface area contributed by atoms with Gasteiger partial charge in [0.1, 0.15) is 9.71 Å². The molecule has 2 aliphatic heterocycles. The van der Waals surface area contributed by atoms with E-state index in [0.717, 1.165) is 28.9 Å². The maximum absolute atomic E-state index is 12.0. The van der Waals surface area contributed by atoms with Gasteiger partial charge in [0.15, 0.2) is 0 Å². The lowest BCUT2D eigenvalue weighted by Gasteiger charge is -2.38. The van der Waals surface area contributed by atoms with Crippen molar-refractivity contribution in [1.82, 2.24) is 20.1 Å². The van der Waals surface area contributed by atoms with Crippen molar-refractivity contribution in [3.05, 3.63) is 22.7 Å². The number of thiophene rings is 1. The topological polar surface area (TPSA) is 74.5 Å². The minimum Gasteiger partial charge on any atom is -0.397 e. The van der Waals surface area contributed by atoms with E-state index in [0.29, 0.717) is 22.6 Å². The predicted molar refractivity (Wildman–Crippen MR) is 107 cm³/mol. The molecule has 140 valence electrons. The Balaban J connectivity index is 1.62. The molecule has 1 unspecified atom stereocenters. The van der Waals surface area contributed by atoms with E-state index < -0.39 is 0 Å². The summed E-state index contributed by atoms with van der Waals surface area (Å²) >= 11 is 1.39. The van der Waals surface area contributed by atoms with Gasteiger partial charge >= 0.3 is 0 Å². The standard InChI is InChI=1S/C19H27N5OS/c1-21-18(25)17-16(20)13-5-6-14(22-19(13)26-17)15-4-3-9-24(15)12-7-10-23(2)11-8-12/h5-6,12,15H,3-4,7-11,20H2,1-2H3,(H,21,25). The van der Waals surface area contributed by atoms with Crippen molar-refractivity contribution in [1.29, 1.82) is 0 Å². The third-order valence-electron chi connectivity index (χ3n) is 5.84. The van der Waals surface area contributed by atoms with Gasteiger partial charge in [-0.25, -0.2) is 4.98 Å². The fourth-order valence-corrected chi connectivity index (χ4v) is 5.40. The Morgan fingerprint density at radius 2 is 2.04 bits per heavy atom.